The molecule has 2 heterocycles. The summed E-state index contributed by atoms with van der Waals surface area (Å²) in [5, 5.41) is 0. The Balaban J connectivity index is 2.40. The average Bonchev–Trinajstić information content (AvgIpc) is 2.30. The quantitative estimate of drug-likeness (QED) is 0.619. The molecule has 0 aliphatic carbocycles. The van der Waals surface area contributed by atoms with E-state index in [0.717, 1.165) is 22.4 Å². The Morgan fingerprint density at radius 1 is 1.18 bits per heavy atom. The first-order valence-corrected chi connectivity index (χ1v) is 5.51. The van der Waals surface area contributed by atoms with E-state index >= 15 is 0 Å². The van der Waals surface area contributed by atoms with Crippen LogP contribution in [0, 0.1) is 13.8 Å². The van der Waals surface area contributed by atoms with Crippen molar-refractivity contribution in [2.24, 2.45) is 5.84 Å². The van der Waals surface area contributed by atoms with Crippen molar-refractivity contribution < 1.29 is 0 Å². The highest BCUT2D eigenvalue weighted by atomic mass is 15.2. The van der Waals surface area contributed by atoms with E-state index in [2.05, 4.69) is 21.5 Å². The second-order valence-corrected chi connectivity index (χ2v) is 4.13. The predicted octanol–water partition coefficient (Wildman–Crippen LogP) is 1.65. The van der Waals surface area contributed by atoms with Crippen molar-refractivity contribution in [1.29, 1.82) is 0 Å². The van der Waals surface area contributed by atoms with E-state index in [0.29, 0.717) is 0 Å². The molecule has 17 heavy (non-hydrogen) atoms. The first-order valence-electron chi connectivity index (χ1n) is 5.51. The maximum atomic E-state index is 5.64. The number of aryl methyl sites for hydroxylation is 2. The summed E-state index contributed by atoms with van der Waals surface area (Å²) in [6.45, 7) is 3.98. The molecule has 0 saturated carbocycles. The van der Waals surface area contributed by atoms with Gasteiger partial charge in [0, 0.05) is 24.3 Å². The zero-order valence-electron chi connectivity index (χ0n) is 10.0. The van der Waals surface area contributed by atoms with Crippen molar-refractivity contribution >= 4 is 0 Å². The lowest BCUT2D eigenvalue weighted by Gasteiger charge is -2.17. The SMILES string of the molecule is Cc1cncc(C(NN)c2ccnc(C)c2)c1. The van der Waals surface area contributed by atoms with Crippen LogP contribution in [0.2, 0.25) is 0 Å². The highest BCUT2D eigenvalue weighted by Crippen LogP contribution is 2.21. The zero-order chi connectivity index (χ0) is 12.3. The maximum absolute atomic E-state index is 5.64. The zero-order valence-corrected chi connectivity index (χ0v) is 10.0. The Kier molecular flexibility index (Phi) is 3.46. The standard InChI is InChI=1S/C13H16N4/c1-9-5-12(8-15-7-9)13(17-14)11-3-4-16-10(2)6-11/h3-8,13,17H,14H2,1-2H3. The molecule has 0 saturated heterocycles. The van der Waals surface area contributed by atoms with Gasteiger partial charge in [-0.1, -0.05) is 6.07 Å². The molecule has 0 amide bonds. The summed E-state index contributed by atoms with van der Waals surface area (Å²) >= 11 is 0. The third-order valence-corrected chi connectivity index (χ3v) is 2.65. The van der Waals surface area contributed by atoms with Crippen LogP contribution >= 0.6 is 0 Å². The number of nitrogens with zero attached hydrogens (tertiary/aromatic N) is 2. The Bertz CT molecular complexity index is 465. The Hall–Kier alpha value is -1.78. The topological polar surface area (TPSA) is 63.8 Å². The van der Waals surface area contributed by atoms with Gasteiger partial charge in [-0.3, -0.25) is 15.8 Å². The second-order valence-electron chi connectivity index (χ2n) is 4.13. The predicted molar refractivity (Wildman–Crippen MR) is 67.1 cm³/mol. The molecule has 0 radical (unpaired) electrons. The van der Waals surface area contributed by atoms with Crippen LogP contribution < -0.4 is 11.3 Å². The number of aromatic nitrogens is 2. The monoisotopic (exact) mass is 228 g/mol. The number of hydrogen-bond donors (Lipinski definition) is 2. The molecule has 3 N–H and O–H groups in total. The first kappa shape index (κ1) is 11.7. The molecule has 0 bridgehead atoms. The summed E-state index contributed by atoms with van der Waals surface area (Å²) in [7, 11) is 0. The van der Waals surface area contributed by atoms with Gasteiger partial charge in [-0.15, -0.1) is 0 Å². The molecule has 88 valence electrons. The molecule has 4 nitrogen and oxygen atoms in total. The number of pyridine rings is 2. The van der Waals surface area contributed by atoms with E-state index in [4.69, 9.17) is 5.84 Å². The highest BCUT2D eigenvalue weighted by Gasteiger charge is 2.12. The van der Waals surface area contributed by atoms with Gasteiger partial charge >= 0.3 is 0 Å². The van der Waals surface area contributed by atoms with E-state index in [1.807, 2.05) is 38.4 Å². The van der Waals surface area contributed by atoms with Gasteiger partial charge in [-0.25, -0.2) is 5.43 Å². The van der Waals surface area contributed by atoms with Gasteiger partial charge < -0.3 is 0 Å². The number of nitrogens with one attached hydrogen (secondary N) is 1. The van der Waals surface area contributed by atoms with E-state index in [1.165, 1.54) is 0 Å². The molecule has 0 fully saturated rings. The van der Waals surface area contributed by atoms with Crippen LogP contribution in [0.1, 0.15) is 28.4 Å². The van der Waals surface area contributed by atoms with Gasteiger partial charge in [0.15, 0.2) is 0 Å². The van der Waals surface area contributed by atoms with Crippen LogP contribution in [0.25, 0.3) is 0 Å². The number of nitrogens with two attached hydrogens (primary N) is 1. The fourth-order valence-corrected chi connectivity index (χ4v) is 1.87. The summed E-state index contributed by atoms with van der Waals surface area (Å²) in [6.07, 6.45) is 5.44. The molecular formula is C13H16N4. The molecule has 4 heteroatoms. The van der Waals surface area contributed by atoms with Crippen molar-refractivity contribution in [3.8, 4) is 0 Å². The van der Waals surface area contributed by atoms with Crippen LogP contribution in [0.4, 0.5) is 0 Å². The van der Waals surface area contributed by atoms with Gasteiger partial charge in [0.05, 0.1) is 6.04 Å². The van der Waals surface area contributed by atoms with Crippen LogP contribution in [0.3, 0.4) is 0 Å². The Labute approximate surface area is 101 Å². The highest BCUT2D eigenvalue weighted by molar-refractivity contribution is 5.31. The first-order chi connectivity index (χ1) is 8.20. The molecule has 0 aliphatic rings. The van der Waals surface area contributed by atoms with E-state index in [9.17, 15) is 0 Å². The summed E-state index contributed by atoms with van der Waals surface area (Å²) in [6, 6.07) is 6.00. The molecule has 1 atom stereocenters. The molecule has 2 aromatic rings. The van der Waals surface area contributed by atoms with Crippen LogP contribution in [-0.2, 0) is 0 Å². The lowest BCUT2D eigenvalue weighted by atomic mass is 10.0. The number of hydrazine groups is 1. The smallest absolute Gasteiger partial charge is 0.0726 e. The Morgan fingerprint density at radius 2 is 2.00 bits per heavy atom. The van der Waals surface area contributed by atoms with Gasteiger partial charge in [0.1, 0.15) is 0 Å². The minimum atomic E-state index is -0.0518. The van der Waals surface area contributed by atoms with Crippen molar-refractivity contribution in [2.75, 3.05) is 0 Å². The van der Waals surface area contributed by atoms with Crippen LogP contribution in [0.15, 0.2) is 36.8 Å². The fourth-order valence-electron chi connectivity index (χ4n) is 1.87. The minimum absolute atomic E-state index is 0.0518. The second kappa shape index (κ2) is 5.03. The lowest BCUT2D eigenvalue weighted by Crippen LogP contribution is -2.29. The minimum Gasteiger partial charge on any atom is -0.271 e. The molecule has 0 aliphatic heterocycles. The summed E-state index contributed by atoms with van der Waals surface area (Å²) in [5.41, 5.74) is 7.06. The third kappa shape index (κ3) is 2.67. The Morgan fingerprint density at radius 3 is 2.65 bits per heavy atom. The number of rotatable bonds is 3. The molecule has 2 rings (SSSR count). The van der Waals surface area contributed by atoms with E-state index in [-0.39, 0.29) is 6.04 Å². The number of hydrogen-bond acceptors (Lipinski definition) is 4. The van der Waals surface area contributed by atoms with Crippen molar-refractivity contribution in [1.82, 2.24) is 15.4 Å². The largest absolute Gasteiger partial charge is 0.271 e. The van der Waals surface area contributed by atoms with Crippen LogP contribution in [0.5, 0.6) is 0 Å². The van der Waals surface area contributed by atoms with Crippen LogP contribution in [-0.4, -0.2) is 9.97 Å². The van der Waals surface area contributed by atoms with Gasteiger partial charge in [-0.2, -0.15) is 0 Å². The molecule has 0 spiro atoms. The fraction of sp³-hybridized carbons (Fsp3) is 0.231. The average molecular weight is 228 g/mol. The third-order valence-electron chi connectivity index (χ3n) is 2.65. The summed E-state index contributed by atoms with van der Waals surface area (Å²) in [5.74, 6) is 5.64. The molecule has 0 aromatic carbocycles. The normalized spacial score (nSPS) is 12.4. The molecule has 1 unspecified atom stereocenters. The van der Waals surface area contributed by atoms with Crippen molar-refractivity contribution in [3.63, 3.8) is 0 Å². The summed E-state index contributed by atoms with van der Waals surface area (Å²) in [4.78, 5) is 8.37. The van der Waals surface area contributed by atoms with Crippen molar-refractivity contribution in [2.45, 2.75) is 19.9 Å². The molecule has 2 aromatic heterocycles. The summed E-state index contributed by atoms with van der Waals surface area (Å²) < 4.78 is 0. The lowest BCUT2D eigenvalue weighted by molar-refractivity contribution is 0.633. The van der Waals surface area contributed by atoms with Gasteiger partial charge in [0.2, 0.25) is 0 Å². The maximum Gasteiger partial charge on any atom is 0.0726 e. The van der Waals surface area contributed by atoms with E-state index < -0.39 is 0 Å². The van der Waals surface area contributed by atoms with E-state index in [1.54, 1.807) is 6.20 Å². The molecular weight excluding hydrogens is 212 g/mol. The van der Waals surface area contributed by atoms with Crippen molar-refractivity contribution in [3.05, 3.63) is 59.2 Å². The van der Waals surface area contributed by atoms with Gasteiger partial charge in [-0.05, 0) is 42.7 Å². The van der Waals surface area contributed by atoms with Gasteiger partial charge in [0.25, 0.3) is 0 Å².